The third-order valence-corrected chi connectivity index (χ3v) is 4.37. The zero-order valence-corrected chi connectivity index (χ0v) is 10.1. The van der Waals surface area contributed by atoms with Gasteiger partial charge in [-0.1, -0.05) is 6.07 Å². The lowest BCUT2D eigenvalue weighted by atomic mass is 10.1. The predicted octanol–water partition coefficient (Wildman–Crippen LogP) is 2.86. The molecular formula is C12H17NOS. The molecule has 1 aromatic heterocycles. The Hall–Kier alpha value is -0.670. The van der Waals surface area contributed by atoms with Crippen LogP contribution >= 0.6 is 11.3 Å². The van der Waals surface area contributed by atoms with Gasteiger partial charge >= 0.3 is 0 Å². The Bertz CT molecular complexity index is 333. The van der Waals surface area contributed by atoms with E-state index in [0.29, 0.717) is 11.8 Å². The van der Waals surface area contributed by atoms with Gasteiger partial charge in [-0.05, 0) is 38.3 Å². The summed E-state index contributed by atoms with van der Waals surface area (Å²) in [6.07, 6.45) is 2.86. The van der Waals surface area contributed by atoms with Gasteiger partial charge in [0.15, 0.2) is 0 Å². The molecule has 82 valence electrons. The third-order valence-electron chi connectivity index (χ3n) is 3.33. The molecule has 1 aromatic rings. The minimum atomic E-state index is 0.155. The van der Waals surface area contributed by atoms with E-state index >= 15 is 0 Å². The number of hydrogen-bond donors (Lipinski definition) is 0. The summed E-state index contributed by atoms with van der Waals surface area (Å²) in [5.41, 5.74) is 0. The molecule has 2 nitrogen and oxygen atoms in total. The van der Waals surface area contributed by atoms with Gasteiger partial charge in [0.2, 0.25) is 0 Å². The van der Waals surface area contributed by atoms with Crippen LogP contribution in [0.4, 0.5) is 0 Å². The van der Waals surface area contributed by atoms with Crippen LogP contribution in [0, 0.1) is 0 Å². The molecule has 1 aliphatic rings. The average Bonchev–Trinajstić information content (AvgIpc) is 2.85. The number of thiophene rings is 1. The second-order valence-corrected chi connectivity index (χ2v) is 5.21. The summed E-state index contributed by atoms with van der Waals surface area (Å²) < 4.78 is 0. The van der Waals surface area contributed by atoms with Crippen LogP contribution in [0.1, 0.15) is 37.1 Å². The highest BCUT2D eigenvalue weighted by Gasteiger charge is 2.30. The Morgan fingerprint density at radius 1 is 1.60 bits per heavy atom. The molecule has 15 heavy (non-hydrogen) atoms. The molecule has 1 heterocycles. The summed E-state index contributed by atoms with van der Waals surface area (Å²) in [6.45, 7) is 2.18. The quantitative estimate of drug-likeness (QED) is 0.785. The largest absolute Gasteiger partial charge is 0.298 e. The van der Waals surface area contributed by atoms with Gasteiger partial charge in [-0.2, -0.15) is 0 Å². The summed E-state index contributed by atoms with van der Waals surface area (Å²) in [4.78, 5) is 15.2. The van der Waals surface area contributed by atoms with Gasteiger partial charge in [0.05, 0.1) is 6.04 Å². The van der Waals surface area contributed by atoms with Crippen LogP contribution in [0.25, 0.3) is 0 Å². The average molecular weight is 223 g/mol. The molecule has 0 amide bonds. The van der Waals surface area contributed by atoms with E-state index in [0.717, 1.165) is 19.3 Å². The van der Waals surface area contributed by atoms with Crippen LogP contribution in [0.2, 0.25) is 0 Å². The molecule has 2 rings (SSSR count). The number of likely N-dealkylation sites (N-methyl/N-ethyl adjacent to an activating group) is 1. The standard InChI is InChI=1S/C12H17NOS/c1-9(12-7-4-8-15-12)13(2)10-5-3-6-11(10)14/h4,7-10H,3,5-6H2,1-2H3. The predicted molar refractivity (Wildman–Crippen MR) is 63.1 cm³/mol. The van der Waals surface area contributed by atoms with Crippen molar-refractivity contribution in [3.8, 4) is 0 Å². The summed E-state index contributed by atoms with van der Waals surface area (Å²) in [5, 5.41) is 2.09. The van der Waals surface area contributed by atoms with Gasteiger partial charge < -0.3 is 0 Å². The second kappa shape index (κ2) is 4.45. The Balaban J connectivity index is 2.07. The highest BCUT2D eigenvalue weighted by atomic mass is 32.1. The van der Waals surface area contributed by atoms with Gasteiger partial charge in [0.1, 0.15) is 5.78 Å². The molecular weight excluding hydrogens is 206 g/mol. The molecule has 3 heteroatoms. The number of nitrogens with zero attached hydrogens (tertiary/aromatic N) is 1. The second-order valence-electron chi connectivity index (χ2n) is 4.23. The van der Waals surface area contributed by atoms with Crippen molar-refractivity contribution in [2.24, 2.45) is 0 Å². The van der Waals surface area contributed by atoms with Crippen LogP contribution < -0.4 is 0 Å². The van der Waals surface area contributed by atoms with E-state index in [1.165, 1.54) is 4.88 Å². The van der Waals surface area contributed by atoms with Crippen molar-refractivity contribution in [1.82, 2.24) is 4.90 Å². The van der Waals surface area contributed by atoms with E-state index in [1.807, 2.05) is 0 Å². The molecule has 0 N–H and O–H groups in total. The Morgan fingerprint density at radius 2 is 2.40 bits per heavy atom. The van der Waals surface area contributed by atoms with Crippen LogP contribution in [-0.2, 0) is 4.79 Å². The van der Waals surface area contributed by atoms with Crippen molar-refractivity contribution in [3.05, 3.63) is 22.4 Å². The first kappa shape index (κ1) is 10.8. The maximum absolute atomic E-state index is 11.7. The Labute approximate surface area is 94.9 Å². The minimum absolute atomic E-state index is 0.155. The molecule has 0 spiro atoms. The van der Waals surface area contributed by atoms with Crippen molar-refractivity contribution in [2.75, 3.05) is 7.05 Å². The fourth-order valence-corrected chi connectivity index (χ4v) is 3.06. The number of ketones is 1. The van der Waals surface area contributed by atoms with Crippen molar-refractivity contribution >= 4 is 17.1 Å². The number of rotatable bonds is 3. The number of carbonyl (C=O) groups is 1. The maximum atomic E-state index is 11.7. The van der Waals surface area contributed by atoms with Crippen molar-refractivity contribution in [1.29, 1.82) is 0 Å². The summed E-state index contributed by atoms with van der Waals surface area (Å²) in [7, 11) is 2.07. The molecule has 0 aliphatic heterocycles. The van der Waals surface area contributed by atoms with E-state index in [4.69, 9.17) is 0 Å². The van der Waals surface area contributed by atoms with Crippen LogP contribution in [0.15, 0.2) is 17.5 Å². The topological polar surface area (TPSA) is 20.3 Å². The highest BCUT2D eigenvalue weighted by molar-refractivity contribution is 7.10. The zero-order chi connectivity index (χ0) is 10.8. The molecule has 2 atom stereocenters. The molecule has 2 unspecified atom stereocenters. The van der Waals surface area contributed by atoms with Gasteiger partial charge in [-0.3, -0.25) is 9.69 Å². The van der Waals surface area contributed by atoms with E-state index in [2.05, 4.69) is 36.4 Å². The molecule has 1 aliphatic carbocycles. The minimum Gasteiger partial charge on any atom is -0.298 e. The molecule has 1 saturated carbocycles. The molecule has 0 saturated heterocycles. The van der Waals surface area contributed by atoms with Crippen molar-refractivity contribution in [3.63, 3.8) is 0 Å². The lowest BCUT2D eigenvalue weighted by molar-refractivity contribution is -0.122. The van der Waals surface area contributed by atoms with Crippen LogP contribution in [0.3, 0.4) is 0 Å². The fourth-order valence-electron chi connectivity index (χ4n) is 2.23. The Morgan fingerprint density at radius 3 is 2.93 bits per heavy atom. The first-order chi connectivity index (χ1) is 7.20. The highest BCUT2D eigenvalue weighted by Crippen LogP contribution is 2.29. The monoisotopic (exact) mass is 223 g/mol. The molecule has 1 fully saturated rings. The SMILES string of the molecule is CC(c1cccs1)N(C)C1CCCC1=O. The van der Waals surface area contributed by atoms with E-state index in [9.17, 15) is 4.79 Å². The number of Topliss-reactive ketones (excluding diaryl/α,β-unsaturated/α-hetero) is 1. The van der Waals surface area contributed by atoms with Crippen LogP contribution in [0.5, 0.6) is 0 Å². The van der Waals surface area contributed by atoms with Gasteiger partial charge in [0, 0.05) is 17.3 Å². The first-order valence-corrected chi connectivity index (χ1v) is 6.36. The number of carbonyl (C=O) groups excluding carboxylic acids is 1. The maximum Gasteiger partial charge on any atom is 0.149 e. The zero-order valence-electron chi connectivity index (χ0n) is 9.27. The smallest absolute Gasteiger partial charge is 0.149 e. The summed E-state index contributed by atoms with van der Waals surface area (Å²) >= 11 is 1.77. The van der Waals surface area contributed by atoms with E-state index < -0.39 is 0 Å². The fraction of sp³-hybridized carbons (Fsp3) is 0.583. The lowest BCUT2D eigenvalue weighted by Crippen LogP contribution is -2.36. The lowest BCUT2D eigenvalue weighted by Gasteiger charge is -2.28. The van der Waals surface area contributed by atoms with Crippen molar-refractivity contribution in [2.45, 2.75) is 38.3 Å². The Kier molecular flexibility index (Phi) is 3.22. The van der Waals surface area contributed by atoms with E-state index in [1.54, 1.807) is 11.3 Å². The summed E-state index contributed by atoms with van der Waals surface area (Å²) in [5.74, 6) is 0.418. The van der Waals surface area contributed by atoms with Gasteiger partial charge in [0.25, 0.3) is 0 Å². The van der Waals surface area contributed by atoms with E-state index in [-0.39, 0.29) is 6.04 Å². The molecule has 0 radical (unpaired) electrons. The van der Waals surface area contributed by atoms with Gasteiger partial charge in [-0.25, -0.2) is 0 Å². The first-order valence-electron chi connectivity index (χ1n) is 5.48. The third kappa shape index (κ3) is 2.13. The molecule has 0 bridgehead atoms. The summed E-state index contributed by atoms with van der Waals surface area (Å²) in [6, 6.07) is 4.73. The van der Waals surface area contributed by atoms with Crippen LogP contribution in [-0.4, -0.2) is 23.8 Å². The molecule has 0 aromatic carbocycles. The van der Waals surface area contributed by atoms with Gasteiger partial charge in [-0.15, -0.1) is 11.3 Å². The normalized spacial score (nSPS) is 23.7. The van der Waals surface area contributed by atoms with Crippen molar-refractivity contribution < 1.29 is 4.79 Å². The number of hydrogen-bond acceptors (Lipinski definition) is 3.